The van der Waals surface area contributed by atoms with E-state index in [4.69, 9.17) is 19.9 Å². The Labute approximate surface area is 262 Å². The molecule has 0 atom stereocenters. The van der Waals surface area contributed by atoms with Gasteiger partial charge in [0, 0.05) is 44.5 Å². The number of hydrogen-bond acceptors (Lipinski definition) is 7. The molecule has 6 rings (SSSR count). The highest BCUT2D eigenvalue weighted by molar-refractivity contribution is 6.12. The Bertz CT molecular complexity index is 1710. The maximum atomic E-state index is 12.7. The lowest BCUT2D eigenvalue weighted by molar-refractivity contribution is -0.159. The van der Waals surface area contributed by atoms with Crippen molar-refractivity contribution in [3.05, 3.63) is 129 Å². The van der Waals surface area contributed by atoms with Crippen molar-refractivity contribution in [1.29, 1.82) is 0 Å². The molecule has 4 aromatic carbocycles. The van der Waals surface area contributed by atoms with Crippen molar-refractivity contribution in [3.8, 4) is 11.5 Å². The molecular formula is C36H36N2O7. The van der Waals surface area contributed by atoms with Crippen molar-refractivity contribution < 1.29 is 34.3 Å². The summed E-state index contributed by atoms with van der Waals surface area (Å²) in [6.07, 6.45) is 2.37. The Morgan fingerprint density at radius 3 is 1.84 bits per heavy atom. The summed E-state index contributed by atoms with van der Waals surface area (Å²) in [7, 11) is 2.65. The fourth-order valence-electron chi connectivity index (χ4n) is 5.33. The fourth-order valence-corrected chi connectivity index (χ4v) is 5.33. The monoisotopic (exact) mass is 608 g/mol. The van der Waals surface area contributed by atoms with Crippen LogP contribution in [0.15, 0.2) is 84.9 Å². The highest BCUT2D eigenvalue weighted by atomic mass is 16.5. The summed E-state index contributed by atoms with van der Waals surface area (Å²) in [5.41, 5.74) is 7.61. The Morgan fingerprint density at radius 2 is 1.18 bits per heavy atom. The number of ketones is 1. The molecule has 0 saturated carbocycles. The minimum absolute atomic E-state index is 0.0689. The molecule has 0 aliphatic carbocycles. The molecule has 9 nitrogen and oxygen atoms in total. The van der Waals surface area contributed by atoms with Crippen molar-refractivity contribution in [2.24, 2.45) is 0 Å². The van der Waals surface area contributed by atoms with Crippen molar-refractivity contribution in [2.75, 3.05) is 14.1 Å². The van der Waals surface area contributed by atoms with Crippen molar-refractivity contribution >= 4 is 17.6 Å². The van der Waals surface area contributed by atoms with E-state index in [-0.39, 0.29) is 24.0 Å². The maximum Gasteiger partial charge on any atom is 0.245 e. The number of benzene rings is 4. The molecule has 0 saturated heterocycles. The normalized spacial score (nSPS) is 12.7. The van der Waals surface area contributed by atoms with Crippen LogP contribution in [0.1, 0.15) is 62.1 Å². The van der Waals surface area contributed by atoms with Gasteiger partial charge in [0.05, 0.1) is 5.56 Å². The van der Waals surface area contributed by atoms with Crippen LogP contribution in [-0.4, -0.2) is 52.2 Å². The van der Waals surface area contributed by atoms with E-state index >= 15 is 0 Å². The summed E-state index contributed by atoms with van der Waals surface area (Å²) < 4.78 is 11.6. The van der Waals surface area contributed by atoms with Gasteiger partial charge in [-0.2, -0.15) is 0 Å². The van der Waals surface area contributed by atoms with Gasteiger partial charge in [-0.25, -0.2) is 10.1 Å². The number of amides is 2. The SMILES string of the molecule is CN(O)C(=O)CCc1ccc2c(c1)C(=O)c1ccccc1CO2.CN(O)C(=O)CCc1ccc2c(c1)Cc1ccccc1CO2. The molecule has 2 aliphatic rings. The van der Waals surface area contributed by atoms with E-state index in [2.05, 4.69) is 18.2 Å². The molecule has 9 heteroatoms. The Balaban J connectivity index is 0.000000178. The van der Waals surface area contributed by atoms with Crippen LogP contribution in [0.3, 0.4) is 0 Å². The Morgan fingerprint density at radius 1 is 0.644 bits per heavy atom. The van der Waals surface area contributed by atoms with E-state index in [1.807, 2.05) is 48.5 Å². The highest BCUT2D eigenvalue weighted by Crippen LogP contribution is 2.31. The van der Waals surface area contributed by atoms with Crippen LogP contribution in [-0.2, 0) is 42.1 Å². The van der Waals surface area contributed by atoms with Gasteiger partial charge in [0.2, 0.25) is 11.8 Å². The van der Waals surface area contributed by atoms with Gasteiger partial charge in [0.25, 0.3) is 0 Å². The second-order valence-electron chi connectivity index (χ2n) is 11.1. The summed E-state index contributed by atoms with van der Waals surface area (Å²) >= 11 is 0. The van der Waals surface area contributed by atoms with Gasteiger partial charge in [-0.3, -0.25) is 24.8 Å². The average molecular weight is 609 g/mol. The lowest BCUT2D eigenvalue weighted by Crippen LogP contribution is -2.22. The van der Waals surface area contributed by atoms with Crippen LogP contribution in [0, 0.1) is 0 Å². The first-order valence-electron chi connectivity index (χ1n) is 14.8. The summed E-state index contributed by atoms with van der Waals surface area (Å²) in [5.74, 6) is 0.746. The maximum absolute atomic E-state index is 12.7. The molecule has 0 aromatic heterocycles. The van der Waals surface area contributed by atoms with Gasteiger partial charge < -0.3 is 9.47 Å². The molecule has 45 heavy (non-hydrogen) atoms. The second-order valence-corrected chi connectivity index (χ2v) is 11.1. The number of fused-ring (bicyclic) bond motifs is 4. The first-order chi connectivity index (χ1) is 21.7. The fraction of sp³-hybridized carbons (Fsp3) is 0.250. The molecule has 2 N–H and O–H groups in total. The smallest absolute Gasteiger partial charge is 0.245 e. The van der Waals surface area contributed by atoms with Crippen LogP contribution in [0.4, 0.5) is 0 Å². The highest BCUT2D eigenvalue weighted by Gasteiger charge is 2.22. The third-order valence-corrected chi connectivity index (χ3v) is 7.92. The molecule has 232 valence electrons. The van der Waals surface area contributed by atoms with Crippen LogP contribution >= 0.6 is 0 Å². The van der Waals surface area contributed by atoms with Crippen molar-refractivity contribution in [2.45, 2.75) is 45.3 Å². The Kier molecular flexibility index (Phi) is 9.92. The summed E-state index contributed by atoms with van der Waals surface area (Å²) in [6.45, 7) is 0.957. The van der Waals surface area contributed by atoms with Gasteiger partial charge in [-0.05, 0) is 58.9 Å². The zero-order valence-electron chi connectivity index (χ0n) is 25.4. The largest absolute Gasteiger partial charge is 0.489 e. The van der Waals surface area contributed by atoms with Gasteiger partial charge in [-0.15, -0.1) is 0 Å². The van der Waals surface area contributed by atoms with Crippen molar-refractivity contribution in [3.63, 3.8) is 0 Å². The van der Waals surface area contributed by atoms with Crippen LogP contribution < -0.4 is 9.47 Å². The molecule has 0 radical (unpaired) electrons. The number of hydrogen-bond donors (Lipinski definition) is 2. The number of ether oxygens (including phenoxy) is 2. The molecule has 2 aliphatic heterocycles. The molecule has 0 fully saturated rings. The number of hydroxylamine groups is 4. The van der Waals surface area contributed by atoms with E-state index in [9.17, 15) is 14.4 Å². The summed E-state index contributed by atoms with van der Waals surface area (Å²) in [6, 6.07) is 27.1. The van der Waals surface area contributed by atoms with Crippen LogP contribution in [0.5, 0.6) is 11.5 Å². The molecule has 2 heterocycles. The number of nitrogens with zero attached hydrogens (tertiary/aromatic N) is 2. The lowest BCUT2D eigenvalue weighted by Gasteiger charge is -2.11. The van der Waals surface area contributed by atoms with Crippen molar-refractivity contribution in [1.82, 2.24) is 10.1 Å². The van der Waals surface area contributed by atoms with Gasteiger partial charge in [0.1, 0.15) is 24.7 Å². The number of aryl methyl sites for hydroxylation is 2. The summed E-state index contributed by atoms with van der Waals surface area (Å²) in [4.78, 5) is 35.7. The lowest BCUT2D eigenvalue weighted by atomic mass is 9.97. The minimum Gasteiger partial charge on any atom is -0.489 e. The quantitative estimate of drug-likeness (QED) is 0.218. The van der Waals surface area contributed by atoms with Crippen LogP contribution in [0.2, 0.25) is 0 Å². The minimum atomic E-state index is -0.368. The van der Waals surface area contributed by atoms with E-state index in [1.165, 1.54) is 25.2 Å². The molecule has 0 unspecified atom stereocenters. The Hall–Kier alpha value is -4.99. The molecular weight excluding hydrogens is 572 g/mol. The standard InChI is InChI=1S/C18H17NO4.C18H19NO3/c1-19(22)17(20)9-7-12-6-8-16-15(10-12)18(21)14-5-3-2-4-13(14)11-23-16;1-19(21)18(20)9-7-13-6-8-17-16(10-13)11-14-4-2-3-5-15(14)12-22-17/h2-6,8,10,22H,7,9,11H2,1H3;2-6,8,10,21H,7,9,11-12H2,1H3. The van der Waals surface area contributed by atoms with Gasteiger partial charge in [-0.1, -0.05) is 66.7 Å². The van der Waals surface area contributed by atoms with Gasteiger partial charge >= 0.3 is 0 Å². The number of carbonyl (C=O) groups excluding carboxylic acids is 3. The van der Waals surface area contributed by atoms with E-state index < -0.39 is 0 Å². The molecule has 2 amide bonds. The topological polar surface area (TPSA) is 117 Å². The zero-order chi connectivity index (χ0) is 31.9. The van der Waals surface area contributed by atoms with Gasteiger partial charge in [0.15, 0.2) is 5.78 Å². The van der Waals surface area contributed by atoms with E-state index in [1.54, 1.807) is 18.2 Å². The molecule has 0 bridgehead atoms. The zero-order valence-corrected chi connectivity index (χ0v) is 25.4. The van der Waals surface area contributed by atoms with E-state index in [0.29, 0.717) is 59.5 Å². The average Bonchev–Trinajstić information content (AvgIpc) is 3.32. The number of carbonyl (C=O) groups is 3. The predicted molar refractivity (Wildman–Crippen MR) is 166 cm³/mol. The third kappa shape index (κ3) is 7.75. The predicted octanol–water partition coefficient (Wildman–Crippen LogP) is 5.54. The van der Waals surface area contributed by atoms with E-state index in [0.717, 1.165) is 34.4 Å². The first kappa shape index (κ1) is 31.4. The van der Waals surface area contributed by atoms with Crippen LogP contribution in [0.25, 0.3) is 0 Å². The third-order valence-electron chi connectivity index (χ3n) is 7.92. The second kappa shape index (κ2) is 14.2. The molecule has 0 spiro atoms. The molecule has 4 aromatic rings. The first-order valence-corrected chi connectivity index (χ1v) is 14.8. The summed E-state index contributed by atoms with van der Waals surface area (Å²) in [5, 5.41) is 19.4. The number of rotatable bonds is 6.